The Bertz CT molecular complexity index is 1350. The van der Waals surface area contributed by atoms with Crippen molar-refractivity contribution in [1.82, 2.24) is 19.7 Å². The maximum Gasteiger partial charge on any atom is 0.259 e. The predicted molar refractivity (Wildman–Crippen MR) is 125 cm³/mol. The number of nitrogens with zero attached hydrogens (tertiary/aromatic N) is 4. The number of carbonyl (C=O) groups is 1. The van der Waals surface area contributed by atoms with Crippen molar-refractivity contribution in [3.63, 3.8) is 0 Å². The molecule has 2 aromatic carbocycles. The molecule has 0 saturated carbocycles. The number of aryl methyl sites for hydroxylation is 1. The molecule has 1 aliphatic rings. The summed E-state index contributed by atoms with van der Waals surface area (Å²) >= 11 is 6.39. The molecule has 0 bridgehead atoms. The first kappa shape index (κ1) is 20.8. The molecule has 5 rings (SSSR count). The van der Waals surface area contributed by atoms with Gasteiger partial charge in [0, 0.05) is 28.7 Å². The zero-order valence-electron chi connectivity index (χ0n) is 17.5. The van der Waals surface area contributed by atoms with Gasteiger partial charge in [-0.2, -0.15) is 4.98 Å². The fourth-order valence-corrected chi connectivity index (χ4v) is 3.89. The van der Waals surface area contributed by atoms with Gasteiger partial charge in [-0.25, -0.2) is 9.07 Å². The summed E-state index contributed by atoms with van der Waals surface area (Å²) in [7, 11) is 0. The minimum absolute atomic E-state index is 0.0716. The average Bonchev–Trinajstić information content (AvgIpc) is 3.22. The molecular weight excluding hydrogens is 443 g/mol. The first-order valence-electron chi connectivity index (χ1n) is 10.2. The minimum Gasteiger partial charge on any atom is -0.324 e. The lowest BCUT2D eigenvalue weighted by molar-refractivity contribution is 0.102. The third kappa shape index (κ3) is 4.08. The van der Waals surface area contributed by atoms with E-state index in [2.05, 4.69) is 25.7 Å². The van der Waals surface area contributed by atoms with Crippen LogP contribution in [-0.4, -0.2) is 25.7 Å². The van der Waals surface area contributed by atoms with E-state index in [1.54, 1.807) is 30.5 Å². The number of allylic oxidation sites excluding steroid dienone is 1. The van der Waals surface area contributed by atoms with Crippen LogP contribution in [0.1, 0.15) is 33.1 Å². The van der Waals surface area contributed by atoms with Gasteiger partial charge in [-0.05, 0) is 42.8 Å². The fraction of sp³-hybridized carbons (Fsp3) is 0.0833. The Morgan fingerprint density at radius 2 is 1.97 bits per heavy atom. The molecule has 33 heavy (non-hydrogen) atoms. The molecule has 9 heteroatoms. The molecule has 0 radical (unpaired) electrons. The lowest BCUT2D eigenvalue weighted by Crippen LogP contribution is -2.21. The van der Waals surface area contributed by atoms with Gasteiger partial charge in [0.2, 0.25) is 5.95 Å². The number of benzene rings is 2. The molecule has 2 aromatic heterocycles. The first-order chi connectivity index (χ1) is 16.0. The molecule has 7 nitrogen and oxygen atoms in total. The molecule has 0 spiro atoms. The third-order valence-electron chi connectivity index (χ3n) is 5.27. The molecule has 0 fully saturated rings. The number of hydrogen-bond acceptors (Lipinski definition) is 5. The maximum absolute atomic E-state index is 14.9. The summed E-state index contributed by atoms with van der Waals surface area (Å²) in [5, 5.41) is 10.6. The smallest absolute Gasteiger partial charge is 0.259 e. The highest BCUT2D eigenvalue weighted by Gasteiger charge is 2.29. The quantitative estimate of drug-likeness (QED) is 0.443. The minimum atomic E-state index is -0.678. The van der Waals surface area contributed by atoms with Gasteiger partial charge >= 0.3 is 0 Å². The van der Waals surface area contributed by atoms with E-state index in [4.69, 9.17) is 11.6 Å². The Morgan fingerprint density at radius 1 is 1.15 bits per heavy atom. The molecule has 2 N–H and O–H groups in total. The molecular formula is C24H18ClFN6O. The van der Waals surface area contributed by atoms with Gasteiger partial charge in [-0.3, -0.25) is 15.1 Å². The highest BCUT2D eigenvalue weighted by Crippen LogP contribution is 2.37. The number of hydrogen-bond donors (Lipinski definition) is 2. The van der Waals surface area contributed by atoms with Crippen molar-refractivity contribution in [2.24, 2.45) is 0 Å². The van der Waals surface area contributed by atoms with E-state index in [1.165, 1.54) is 16.9 Å². The topological polar surface area (TPSA) is 84.7 Å². The van der Waals surface area contributed by atoms with Crippen LogP contribution < -0.4 is 10.6 Å². The molecule has 4 aromatic rings. The number of amides is 1. The number of rotatable bonds is 4. The van der Waals surface area contributed by atoms with Gasteiger partial charge in [-0.15, -0.1) is 5.10 Å². The molecule has 0 unspecified atom stereocenters. The van der Waals surface area contributed by atoms with Gasteiger partial charge in [0.25, 0.3) is 11.9 Å². The molecule has 164 valence electrons. The second kappa shape index (κ2) is 8.48. The van der Waals surface area contributed by atoms with Crippen molar-refractivity contribution >= 4 is 35.1 Å². The van der Waals surface area contributed by atoms with Gasteiger partial charge in [0.05, 0.1) is 5.56 Å². The Morgan fingerprint density at radius 3 is 2.70 bits per heavy atom. The highest BCUT2D eigenvalue weighted by atomic mass is 35.5. The number of fused-ring (bicyclic) bond motifs is 1. The van der Waals surface area contributed by atoms with E-state index in [1.807, 2.05) is 37.3 Å². The maximum atomic E-state index is 14.9. The van der Waals surface area contributed by atoms with Gasteiger partial charge in [-0.1, -0.05) is 47.5 Å². The standard InChI is InChI=1S/C24H18ClFN6O/c1-14-7-9-15(10-8-14)19-12-20(21-17(25)5-2-6-18(21)26)32-24(28-19)30-23(31-32)29-22(33)16-4-3-11-27-13-16/h2-13,20H,1H3,(H2,28,29,30,31,33)/t20-/m1/s1. The van der Waals surface area contributed by atoms with Crippen LogP contribution in [0.5, 0.6) is 0 Å². The van der Waals surface area contributed by atoms with Gasteiger partial charge in [0.1, 0.15) is 11.9 Å². The summed E-state index contributed by atoms with van der Waals surface area (Å²) in [6.45, 7) is 2.00. The van der Waals surface area contributed by atoms with Crippen molar-refractivity contribution < 1.29 is 9.18 Å². The number of aromatic nitrogens is 4. The lowest BCUT2D eigenvalue weighted by atomic mass is 10.0. The van der Waals surface area contributed by atoms with Crippen LogP contribution in [0.15, 0.2) is 73.1 Å². The molecule has 1 aliphatic heterocycles. The number of carbonyl (C=O) groups excluding carboxylic acids is 1. The average molecular weight is 461 g/mol. The van der Waals surface area contributed by atoms with Gasteiger partial charge < -0.3 is 5.32 Å². The normalized spacial score (nSPS) is 14.8. The highest BCUT2D eigenvalue weighted by molar-refractivity contribution is 6.31. The van der Waals surface area contributed by atoms with E-state index in [-0.39, 0.29) is 16.5 Å². The summed E-state index contributed by atoms with van der Waals surface area (Å²) in [6, 6.07) is 15.1. The van der Waals surface area contributed by atoms with Crippen molar-refractivity contribution in [3.8, 4) is 0 Å². The summed E-state index contributed by atoms with van der Waals surface area (Å²) in [6.07, 6.45) is 4.86. The first-order valence-corrected chi connectivity index (χ1v) is 10.5. The zero-order valence-corrected chi connectivity index (χ0v) is 18.2. The monoisotopic (exact) mass is 460 g/mol. The number of anilines is 2. The van der Waals surface area contributed by atoms with Crippen molar-refractivity contribution in [2.75, 3.05) is 10.6 Å². The summed E-state index contributed by atoms with van der Waals surface area (Å²) in [5.41, 5.74) is 3.37. The Labute approximate surface area is 194 Å². The van der Waals surface area contributed by atoms with E-state index in [0.29, 0.717) is 11.5 Å². The second-order valence-electron chi connectivity index (χ2n) is 7.55. The molecule has 3 heterocycles. The molecule has 1 amide bonds. The van der Waals surface area contributed by atoms with Crippen LogP contribution in [0.3, 0.4) is 0 Å². The second-order valence-corrected chi connectivity index (χ2v) is 7.96. The Hall–Kier alpha value is -4.04. The van der Waals surface area contributed by atoms with Gasteiger partial charge in [0.15, 0.2) is 0 Å². The fourth-order valence-electron chi connectivity index (χ4n) is 3.62. The summed E-state index contributed by atoms with van der Waals surface area (Å²) < 4.78 is 16.4. The molecule has 0 aliphatic carbocycles. The van der Waals surface area contributed by atoms with Crippen molar-refractivity contribution in [2.45, 2.75) is 13.0 Å². The third-order valence-corrected chi connectivity index (χ3v) is 5.60. The van der Waals surface area contributed by atoms with Crippen LogP contribution >= 0.6 is 11.6 Å². The van der Waals surface area contributed by atoms with E-state index in [0.717, 1.165) is 16.8 Å². The Balaban J connectivity index is 1.56. The molecule has 1 atom stereocenters. The zero-order chi connectivity index (χ0) is 22.9. The largest absolute Gasteiger partial charge is 0.324 e. The Kier molecular flexibility index (Phi) is 5.35. The van der Waals surface area contributed by atoms with E-state index < -0.39 is 17.8 Å². The van der Waals surface area contributed by atoms with Crippen LogP contribution in [-0.2, 0) is 0 Å². The summed E-state index contributed by atoms with van der Waals surface area (Å²) in [4.78, 5) is 20.9. The van der Waals surface area contributed by atoms with Crippen molar-refractivity contribution in [1.29, 1.82) is 0 Å². The van der Waals surface area contributed by atoms with Crippen LogP contribution in [0.4, 0.5) is 16.3 Å². The van der Waals surface area contributed by atoms with Crippen LogP contribution in [0, 0.1) is 12.7 Å². The van der Waals surface area contributed by atoms with Crippen molar-refractivity contribution in [3.05, 3.63) is 106 Å². The molecule has 0 saturated heterocycles. The summed E-state index contributed by atoms with van der Waals surface area (Å²) in [5.74, 6) is -0.448. The number of nitrogens with one attached hydrogen (secondary N) is 2. The predicted octanol–water partition coefficient (Wildman–Crippen LogP) is 5.08. The van der Waals surface area contributed by atoms with E-state index >= 15 is 0 Å². The number of halogens is 2. The SMILES string of the molecule is Cc1ccc(C2=C[C@H](c3c(F)cccc3Cl)n3nc(NC(=O)c4cccnc4)nc3N2)cc1. The van der Waals surface area contributed by atoms with Crippen LogP contribution in [0.2, 0.25) is 5.02 Å². The van der Waals surface area contributed by atoms with Crippen LogP contribution in [0.25, 0.3) is 5.70 Å². The lowest BCUT2D eigenvalue weighted by Gasteiger charge is -2.25. The number of pyridine rings is 1. The van der Waals surface area contributed by atoms with E-state index in [9.17, 15) is 9.18 Å².